The second-order valence-electron chi connectivity index (χ2n) is 5.23. The molecule has 1 aliphatic heterocycles. The molecule has 1 aliphatic rings. The number of rotatable bonds is 2. The molecule has 4 heteroatoms. The van der Waals surface area contributed by atoms with Crippen molar-refractivity contribution in [1.29, 1.82) is 0 Å². The summed E-state index contributed by atoms with van der Waals surface area (Å²) < 4.78 is 0. The maximum absolute atomic E-state index is 12.7. The summed E-state index contributed by atoms with van der Waals surface area (Å²) in [7, 11) is 0. The predicted molar refractivity (Wildman–Crippen MR) is 81.8 cm³/mol. The van der Waals surface area contributed by atoms with Crippen LogP contribution >= 0.6 is 0 Å². The van der Waals surface area contributed by atoms with E-state index in [1.54, 1.807) is 12.3 Å². The van der Waals surface area contributed by atoms with Crippen LogP contribution in [0.1, 0.15) is 54.6 Å². The molecule has 0 spiro atoms. The molecule has 2 rings (SSSR count). The number of aliphatic hydroxyl groups is 1. The SMILES string of the molecule is O=C(c1ncccc1C#CCCO)N1CCCCCCC1. The van der Waals surface area contributed by atoms with Crippen LogP contribution in [0.4, 0.5) is 0 Å². The van der Waals surface area contributed by atoms with Crippen molar-refractivity contribution in [2.24, 2.45) is 0 Å². The van der Waals surface area contributed by atoms with Gasteiger partial charge in [-0.2, -0.15) is 0 Å². The Morgan fingerprint density at radius 2 is 1.95 bits per heavy atom. The summed E-state index contributed by atoms with van der Waals surface area (Å²) in [5, 5.41) is 8.79. The van der Waals surface area contributed by atoms with E-state index < -0.39 is 0 Å². The fourth-order valence-electron chi connectivity index (χ4n) is 2.49. The molecule has 1 saturated heterocycles. The van der Waals surface area contributed by atoms with E-state index in [1.807, 2.05) is 11.0 Å². The molecule has 0 unspecified atom stereocenters. The molecule has 0 saturated carbocycles. The largest absolute Gasteiger partial charge is 0.395 e. The molecule has 21 heavy (non-hydrogen) atoms. The van der Waals surface area contributed by atoms with E-state index in [0.717, 1.165) is 25.9 Å². The van der Waals surface area contributed by atoms with Crippen LogP contribution in [0.3, 0.4) is 0 Å². The van der Waals surface area contributed by atoms with E-state index in [0.29, 0.717) is 17.7 Å². The minimum atomic E-state index is -0.0224. The molecule has 0 atom stereocenters. The monoisotopic (exact) mass is 286 g/mol. The van der Waals surface area contributed by atoms with Gasteiger partial charge in [0.2, 0.25) is 0 Å². The highest BCUT2D eigenvalue weighted by molar-refractivity contribution is 5.94. The molecule has 0 aliphatic carbocycles. The normalized spacial score (nSPS) is 15.6. The molecule has 1 N–H and O–H groups in total. The number of carbonyl (C=O) groups excluding carboxylic acids is 1. The van der Waals surface area contributed by atoms with Gasteiger partial charge in [0, 0.05) is 25.7 Å². The zero-order chi connectivity index (χ0) is 14.9. The first-order valence-electron chi connectivity index (χ1n) is 7.67. The topological polar surface area (TPSA) is 53.4 Å². The van der Waals surface area contributed by atoms with Crippen LogP contribution in [-0.2, 0) is 0 Å². The van der Waals surface area contributed by atoms with Crippen molar-refractivity contribution in [1.82, 2.24) is 9.88 Å². The molecule has 0 radical (unpaired) electrons. The summed E-state index contributed by atoms with van der Waals surface area (Å²) in [6.07, 6.45) is 7.81. The van der Waals surface area contributed by atoms with Crippen molar-refractivity contribution in [3.05, 3.63) is 29.6 Å². The minimum absolute atomic E-state index is 0.0224. The average molecular weight is 286 g/mol. The number of pyridine rings is 1. The minimum Gasteiger partial charge on any atom is -0.395 e. The maximum Gasteiger partial charge on any atom is 0.273 e. The summed E-state index contributed by atoms with van der Waals surface area (Å²) >= 11 is 0. The molecule has 0 bridgehead atoms. The Kier molecular flexibility index (Phi) is 6.23. The van der Waals surface area contributed by atoms with Crippen LogP contribution in [0.15, 0.2) is 18.3 Å². The van der Waals surface area contributed by atoms with E-state index in [-0.39, 0.29) is 12.5 Å². The van der Waals surface area contributed by atoms with Gasteiger partial charge in [-0.15, -0.1) is 0 Å². The molecule has 112 valence electrons. The fraction of sp³-hybridized carbons (Fsp3) is 0.529. The molecular weight excluding hydrogens is 264 g/mol. The first-order chi connectivity index (χ1) is 10.3. The highest BCUT2D eigenvalue weighted by Crippen LogP contribution is 2.14. The summed E-state index contributed by atoms with van der Waals surface area (Å²) in [5.41, 5.74) is 1.08. The van der Waals surface area contributed by atoms with E-state index in [4.69, 9.17) is 5.11 Å². The lowest BCUT2D eigenvalue weighted by Crippen LogP contribution is -2.34. The van der Waals surface area contributed by atoms with E-state index in [9.17, 15) is 4.79 Å². The van der Waals surface area contributed by atoms with Crippen LogP contribution in [0, 0.1) is 11.8 Å². The Hall–Kier alpha value is -1.86. The van der Waals surface area contributed by atoms with Gasteiger partial charge in [-0.1, -0.05) is 31.1 Å². The van der Waals surface area contributed by atoms with Gasteiger partial charge in [-0.05, 0) is 25.0 Å². The summed E-state index contributed by atoms with van der Waals surface area (Å²) in [6.45, 7) is 1.64. The van der Waals surface area contributed by atoms with Gasteiger partial charge in [-0.25, -0.2) is 4.98 Å². The Bertz CT molecular complexity index is 523. The number of nitrogens with zero attached hydrogens (tertiary/aromatic N) is 2. The van der Waals surface area contributed by atoms with Gasteiger partial charge >= 0.3 is 0 Å². The van der Waals surface area contributed by atoms with Crippen LogP contribution in [0.2, 0.25) is 0 Å². The Morgan fingerprint density at radius 3 is 2.67 bits per heavy atom. The lowest BCUT2D eigenvalue weighted by atomic mass is 10.1. The summed E-state index contributed by atoms with van der Waals surface area (Å²) in [4.78, 5) is 18.8. The Balaban J connectivity index is 2.16. The van der Waals surface area contributed by atoms with Crippen LogP contribution in [-0.4, -0.2) is 40.6 Å². The smallest absolute Gasteiger partial charge is 0.273 e. The molecule has 1 aromatic rings. The number of hydrogen-bond acceptors (Lipinski definition) is 3. The number of aromatic nitrogens is 1. The summed E-state index contributed by atoms with van der Waals surface area (Å²) in [5.74, 6) is 5.78. The van der Waals surface area contributed by atoms with Crippen molar-refractivity contribution in [2.45, 2.75) is 38.5 Å². The van der Waals surface area contributed by atoms with Gasteiger partial charge in [0.15, 0.2) is 0 Å². The van der Waals surface area contributed by atoms with Crippen molar-refractivity contribution in [3.63, 3.8) is 0 Å². The molecular formula is C17H22N2O2. The van der Waals surface area contributed by atoms with E-state index in [2.05, 4.69) is 16.8 Å². The van der Waals surface area contributed by atoms with Crippen molar-refractivity contribution < 1.29 is 9.90 Å². The highest BCUT2D eigenvalue weighted by Gasteiger charge is 2.19. The van der Waals surface area contributed by atoms with Gasteiger partial charge < -0.3 is 10.0 Å². The Morgan fingerprint density at radius 1 is 1.24 bits per heavy atom. The number of likely N-dealkylation sites (tertiary alicyclic amines) is 1. The van der Waals surface area contributed by atoms with Gasteiger partial charge in [-0.3, -0.25) is 4.79 Å². The van der Waals surface area contributed by atoms with Gasteiger partial charge in [0.1, 0.15) is 5.69 Å². The zero-order valence-corrected chi connectivity index (χ0v) is 12.3. The molecule has 1 fully saturated rings. The predicted octanol–water partition coefficient (Wildman–Crippen LogP) is 2.22. The average Bonchev–Trinajstić information content (AvgIpc) is 2.47. The number of aliphatic hydroxyl groups excluding tert-OH is 1. The van der Waals surface area contributed by atoms with Crippen molar-refractivity contribution in [3.8, 4) is 11.8 Å². The lowest BCUT2D eigenvalue weighted by Gasteiger charge is -2.24. The highest BCUT2D eigenvalue weighted by atomic mass is 16.2. The van der Waals surface area contributed by atoms with Crippen LogP contribution < -0.4 is 0 Å². The Labute approximate surface area is 126 Å². The van der Waals surface area contributed by atoms with Gasteiger partial charge in [0.05, 0.1) is 12.2 Å². The van der Waals surface area contributed by atoms with Gasteiger partial charge in [0.25, 0.3) is 5.91 Å². The van der Waals surface area contributed by atoms with Crippen molar-refractivity contribution >= 4 is 5.91 Å². The third kappa shape index (κ3) is 4.57. The van der Waals surface area contributed by atoms with Crippen LogP contribution in [0.5, 0.6) is 0 Å². The maximum atomic E-state index is 12.7. The van der Waals surface area contributed by atoms with E-state index in [1.165, 1.54) is 19.3 Å². The standard InChI is InChI=1S/C17H22N2O2/c20-14-7-4-9-15-10-8-11-18-16(15)17(21)19-12-5-2-1-3-6-13-19/h8,10-11,20H,1-3,5-7,12-14H2. The number of amides is 1. The number of hydrogen-bond donors (Lipinski definition) is 1. The molecule has 0 aromatic carbocycles. The summed E-state index contributed by atoms with van der Waals surface area (Å²) in [6, 6.07) is 3.60. The van der Waals surface area contributed by atoms with E-state index >= 15 is 0 Å². The van der Waals surface area contributed by atoms with Crippen molar-refractivity contribution in [2.75, 3.05) is 19.7 Å². The third-order valence-corrected chi connectivity index (χ3v) is 3.61. The first-order valence-corrected chi connectivity index (χ1v) is 7.67. The first kappa shape index (κ1) is 15.5. The second kappa shape index (κ2) is 8.43. The second-order valence-corrected chi connectivity index (χ2v) is 5.23. The molecule has 4 nitrogen and oxygen atoms in total. The third-order valence-electron chi connectivity index (χ3n) is 3.61. The zero-order valence-electron chi connectivity index (χ0n) is 12.3. The quantitative estimate of drug-likeness (QED) is 0.848. The fourth-order valence-corrected chi connectivity index (χ4v) is 2.49. The lowest BCUT2D eigenvalue weighted by molar-refractivity contribution is 0.0736. The van der Waals surface area contributed by atoms with Crippen LogP contribution in [0.25, 0.3) is 0 Å². The number of carbonyl (C=O) groups is 1. The molecule has 1 amide bonds. The molecule has 1 aromatic heterocycles. The molecule has 2 heterocycles.